The Morgan fingerprint density at radius 1 is 1.32 bits per heavy atom. The first-order chi connectivity index (χ1) is 12.0. The molecule has 2 aromatic rings. The van der Waals surface area contributed by atoms with Gasteiger partial charge in [0, 0.05) is 23.9 Å². The van der Waals surface area contributed by atoms with Gasteiger partial charge in [-0.05, 0) is 42.4 Å². The van der Waals surface area contributed by atoms with E-state index in [1.165, 1.54) is 12.1 Å². The van der Waals surface area contributed by atoms with Crippen LogP contribution in [0.3, 0.4) is 0 Å². The fraction of sp³-hybridized carbons (Fsp3) is 0.316. The first-order valence-electron chi connectivity index (χ1n) is 8.12. The molecular formula is C19H20ClFN2OS. The van der Waals surface area contributed by atoms with Gasteiger partial charge in [-0.1, -0.05) is 35.9 Å². The molecule has 1 aliphatic rings. The van der Waals surface area contributed by atoms with Crippen LogP contribution >= 0.6 is 23.4 Å². The largest absolute Gasteiger partial charge is 0.325 e. The van der Waals surface area contributed by atoms with Gasteiger partial charge >= 0.3 is 0 Å². The molecule has 25 heavy (non-hydrogen) atoms. The molecule has 3 rings (SSSR count). The second-order valence-electron chi connectivity index (χ2n) is 6.16. The summed E-state index contributed by atoms with van der Waals surface area (Å²) in [5.41, 5.74) is 2.04. The van der Waals surface area contributed by atoms with Crippen LogP contribution in [0.5, 0.6) is 0 Å². The first kappa shape index (κ1) is 18.2. The zero-order valence-electron chi connectivity index (χ0n) is 14.0. The SMILES string of the molecule is CN(CC(=O)N1CCS[C@@H]1c1ccc(F)cc1)Cc1cccc(Cl)c1. The van der Waals surface area contributed by atoms with Crippen LogP contribution in [0, 0.1) is 5.82 Å². The predicted molar refractivity (Wildman–Crippen MR) is 101 cm³/mol. The van der Waals surface area contributed by atoms with Crippen LogP contribution in [-0.4, -0.2) is 41.6 Å². The van der Waals surface area contributed by atoms with Crippen molar-refractivity contribution in [1.29, 1.82) is 0 Å². The highest BCUT2D eigenvalue weighted by molar-refractivity contribution is 7.99. The Morgan fingerprint density at radius 2 is 2.08 bits per heavy atom. The van der Waals surface area contributed by atoms with Crippen LogP contribution in [0.25, 0.3) is 0 Å². The summed E-state index contributed by atoms with van der Waals surface area (Å²) < 4.78 is 13.1. The minimum atomic E-state index is -0.258. The van der Waals surface area contributed by atoms with Crippen molar-refractivity contribution in [2.75, 3.05) is 25.9 Å². The Balaban J connectivity index is 1.62. The second kappa shape index (κ2) is 8.21. The third-order valence-corrected chi connectivity index (χ3v) is 5.61. The van der Waals surface area contributed by atoms with E-state index in [2.05, 4.69) is 0 Å². The maximum atomic E-state index is 13.1. The summed E-state index contributed by atoms with van der Waals surface area (Å²) in [7, 11) is 1.93. The summed E-state index contributed by atoms with van der Waals surface area (Å²) in [5, 5.41) is 0.664. The number of carbonyl (C=O) groups is 1. The number of hydrogen-bond donors (Lipinski definition) is 0. The molecular weight excluding hydrogens is 359 g/mol. The zero-order chi connectivity index (χ0) is 17.8. The van der Waals surface area contributed by atoms with Crippen LogP contribution in [0.4, 0.5) is 4.39 Å². The molecule has 0 bridgehead atoms. The van der Waals surface area contributed by atoms with E-state index in [0.29, 0.717) is 18.1 Å². The van der Waals surface area contributed by atoms with Crippen LogP contribution in [0.1, 0.15) is 16.5 Å². The summed E-state index contributed by atoms with van der Waals surface area (Å²) in [4.78, 5) is 16.6. The first-order valence-corrected chi connectivity index (χ1v) is 9.55. The lowest BCUT2D eigenvalue weighted by atomic mass is 10.2. The monoisotopic (exact) mass is 378 g/mol. The number of likely N-dealkylation sites (N-methyl/N-ethyl adjacent to an activating group) is 1. The molecule has 6 heteroatoms. The molecule has 1 heterocycles. The number of hydrogen-bond acceptors (Lipinski definition) is 3. The molecule has 0 aliphatic carbocycles. The molecule has 0 saturated carbocycles. The quantitative estimate of drug-likeness (QED) is 0.779. The van der Waals surface area contributed by atoms with Crippen LogP contribution in [0.15, 0.2) is 48.5 Å². The molecule has 0 radical (unpaired) electrons. The third-order valence-electron chi connectivity index (χ3n) is 4.11. The predicted octanol–water partition coefficient (Wildman–Crippen LogP) is 4.19. The fourth-order valence-corrected chi connectivity index (χ4v) is 4.44. The Bertz CT molecular complexity index is 740. The van der Waals surface area contributed by atoms with Crippen molar-refractivity contribution in [3.8, 4) is 0 Å². The molecule has 1 atom stereocenters. The van der Waals surface area contributed by atoms with Gasteiger partial charge in [0.25, 0.3) is 0 Å². The molecule has 3 nitrogen and oxygen atoms in total. The summed E-state index contributed by atoms with van der Waals surface area (Å²) >= 11 is 7.73. The topological polar surface area (TPSA) is 23.6 Å². The van der Waals surface area contributed by atoms with Crippen LogP contribution in [-0.2, 0) is 11.3 Å². The van der Waals surface area contributed by atoms with E-state index in [4.69, 9.17) is 11.6 Å². The van der Waals surface area contributed by atoms with Crippen molar-refractivity contribution >= 4 is 29.3 Å². The summed E-state index contributed by atoms with van der Waals surface area (Å²) in [6.45, 7) is 1.72. The normalized spacial score (nSPS) is 17.3. The highest BCUT2D eigenvalue weighted by Crippen LogP contribution is 2.37. The van der Waals surface area contributed by atoms with Gasteiger partial charge in [0.2, 0.25) is 5.91 Å². The molecule has 1 saturated heterocycles. The van der Waals surface area contributed by atoms with Crippen molar-refractivity contribution in [2.24, 2.45) is 0 Å². The smallest absolute Gasteiger partial charge is 0.237 e. The van der Waals surface area contributed by atoms with Crippen molar-refractivity contribution in [2.45, 2.75) is 11.9 Å². The lowest BCUT2D eigenvalue weighted by Gasteiger charge is -2.26. The third kappa shape index (κ3) is 4.75. The number of halogens is 2. The molecule has 0 spiro atoms. The van der Waals surface area contributed by atoms with E-state index < -0.39 is 0 Å². The fourth-order valence-electron chi connectivity index (χ4n) is 2.95. The van der Waals surface area contributed by atoms with Gasteiger partial charge in [-0.25, -0.2) is 4.39 Å². The van der Waals surface area contributed by atoms with Crippen molar-refractivity contribution < 1.29 is 9.18 Å². The summed E-state index contributed by atoms with van der Waals surface area (Å²) in [5.74, 6) is 0.723. The molecule has 0 N–H and O–H groups in total. The summed E-state index contributed by atoms with van der Waals surface area (Å²) in [6.07, 6.45) is 0. The van der Waals surface area contributed by atoms with Gasteiger partial charge in [-0.3, -0.25) is 9.69 Å². The van der Waals surface area contributed by atoms with E-state index in [0.717, 1.165) is 23.4 Å². The van der Waals surface area contributed by atoms with E-state index in [1.54, 1.807) is 23.9 Å². The number of amides is 1. The van der Waals surface area contributed by atoms with Crippen molar-refractivity contribution in [3.63, 3.8) is 0 Å². The lowest BCUT2D eigenvalue weighted by molar-refractivity contribution is -0.132. The lowest BCUT2D eigenvalue weighted by Crippen LogP contribution is -2.38. The Hall–Kier alpha value is -1.56. The minimum Gasteiger partial charge on any atom is -0.325 e. The van der Waals surface area contributed by atoms with Crippen LogP contribution in [0.2, 0.25) is 5.02 Å². The Morgan fingerprint density at radius 3 is 2.80 bits per heavy atom. The summed E-state index contributed by atoms with van der Waals surface area (Å²) in [6, 6.07) is 14.1. The van der Waals surface area contributed by atoms with E-state index >= 15 is 0 Å². The van der Waals surface area contributed by atoms with Gasteiger partial charge in [-0.2, -0.15) is 0 Å². The maximum absolute atomic E-state index is 13.1. The van der Waals surface area contributed by atoms with Crippen LogP contribution < -0.4 is 0 Å². The maximum Gasteiger partial charge on any atom is 0.237 e. The number of carbonyl (C=O) groups excluding carboxylic acids is 1. The van der Waals surface area contributed by atoms with Crippen molar-refractivity contribution in [1.82, 2.24) is 9.80 Å². The Kier molecular flexibility index (Phi) is 5.99. The number of thioether (sulfide) groups is 1. The highest BCUT2D eigenvalue weighted by Gasteiger charge is 2.30. The van der Waals surface area contributed by atoms with Gasteiger partial charge in [0.15, 0.2) is 0 Å². The van der Waals surface area contributed by atoms with E-state index in [9.17, 15) is 9.18 Å². The minimum absolute atomic E-state index is 0.0346. The average Bonchev–Trinajstić information content (AvgIpc) is 3.05. The number of benzene rings is 2. The van der Waals surface area contributed by atoms with Gasteiger partial charge in [0.1, 0.15) is 11.2 Å². The second-order valence-corrected chi connectivity index (χ2v) is 7.79. The van der Waals surface area contributed by atoms with E-state index in [-0.39, 0.29) is 17.1 Å². The standard InChI is InChI=1S/C19H20ClFN2OS/c1-22(12-14-3-2-4-16(20)11-14)13-18(24)23-9-10-25-19(23)15-5-7-17(21)8-6-15/h2-8,11,19H,9-10,12-13H2,1H3/t19-/m1/s1. The molecule has 2 aromatic carbocycles. The zero-order valence-corrected chi connectivity index (χ0v) is 15.6. The highest BCUT2D eigenvalue weighted by atomic mass is 35.5. The molecule has 132 valence electrons. The average molecular weight is 379 g/mol. The van der Waals surface area contributed by atoms with Gasteiger partial charge < -0.3 is 4.90 Å². The molecule has 0 unspecified atom stereocenters. The molecule has 1 aliphatic heterocycles. The van der Waals surface area contributed by atoms with E-state index in [1.807, 2.05) is 41.1 Å². The molecule has 1 amide bonds. The number of nitrogens with zero attached hydrogens (tertiary/aromatic N) is 2. The molecule has 1 fully saturated rings. The van der Waals surface area contributed by atoms with Gasteiger partial charge in [-0.15, -0.1) is 11.8 Å². The van der Waals surface area contributed by atoms with Gasteiger partial charge in [0.05, 0.1) is 6.54 Å². The number of rotatable bonds is 5. The molecule has 0 aromatic heterocycles. The van der Waals surface area contributed by atoms with Crippen molar-refractivity contribution in [3.05, 3.63) is 70.5 Å². The Labute approximate surface area is 156 Å².